The van der Waals surface area contributed by atoms with Crippen LogP contribution in [-0.2, 0) is 9.05 Å². The fraction of sp³-hybridized carbons (Fsp3) is 0.111. The van der Waals surface area contributed by atoms with Crippen LogP contribution >= 0.6 is 10.7 Å². The number of aryl methyl sites for hydroxylation is 1. The van der Waals surface area contributed by atoms with E-state index in [2.05, 4.69) is 4.98 Å². The number of halogens is 1. The predicted octanol–water partition coefficient (Wildman–Crippen LogP) is 0.452. The molecule has 0 aliphatic heterocycles. The van der Waals surface area contributed by atoms with Crippen molar-refractivity contribution in [1.82, 2.24) is 9.97 Å². The van der Waals surface area contributed by atoms with E-state index in [9.17, 15) is 18.0 Å². The highest BCUT2D eigenvalue weighted by Gasteiger charge is 2.15. The molecule has 17 heavy (non-hydrogen) atoms. The van der Waals surface area contributed by atoms with E-state index < -0.39 is 20.3 Å². The van der Waals surface area contributed by atoms with Gasteiger partial charge in [0.1, 0.15) is 0 Å². The van der Waals surface area contributed by atoms with Gasteiger partial charge in [-0.1, -0.05) is 0 Å². The molecule has 0 spiro atoms. The molecular weight excluding hydrogens is 268 g/mol. The van der Waals surface area contributed by atoms with Crippen molar-refractivity contribution in [1.29, 1.82) is 0 Å². The molecule has 2 aromatic rings. The Labute approximate surface area is 99.7 Å². The summed E-state index contributed by atoms with van der Waals surface area (Å²) in [5.41, 5.74) is -0.692. The van der Waals surface area contributed by atoms with Crippen molar-refractivity contribution in [2.45, 2.75) is 11.8 Å². The third-order valence-corrected chi connectivity index (χ3v) is 3.76. The molecule has 1 aromatic carbocycles. The lowest BCUT2D eigenvalue weighted by Gasteiger charge is -2.03. The maximum absolute atomic E-state index is 11.5. The first-order valence-corrected chi connectivity index (χ1v) is 6.81. The summed E-state index contributed by atoms with van der Waals surface area (Å²) in [5, 5.41) is 0.0643. The third-order valence-electron chi connectivity index (χ3n) is 2.30. The lowest BCUT2D eigenvalue weighted by molar-refractivity contribution is 0.609. The fourth-order valence-corrected chi connectivity index (χ4v) is 2.77. The fourth-order valence-electron chi connectivity index (χ4n) is 1.57. The zero-order chi connectivity index (χ0) is 12.8. The zero-order valence-corrected chi connectivity index (χ0v) is 10.1. The molecule has 0 amide bonds. The van der Waals surface area contributed by atoms with E-state index in [-0.39, 0.29) is 15.8 Å². The van der Waals surface area contributed by atoms with Crippen molar-refractivity contribution in [2.24, 2.45) is 0 Å². The van der Waals surface area contributed by atoms with Crippen molar-refractivity contribution in [3.05, 3.63) is 38.5 Å². The molecule has 0 unspecified atom stereocenters. The molecule has 0 bridgehead atoms. The Morgan fingerprint density at radius 3 is 2.41 bits per heavy atom. The lowest BCUT2D eigenvalue weighted by atomic mass is 10.2. The van der Waals surface area contributed by atoms with Crippen molar-refractivity contribution < 1.29 is 8.42 Å². The average Bonchev–Trinajstić information content (AvgIpc) is 2.13. The number of nitrogens with one attached hydrogen (secondary N) is 2. The molecule has 90 valence electrons. The van der Waals surface area contributed by atoms with Crippen molar-refractivity contribution in [2.75, 3.05) is 0 Å². The zero-order valence-electron chi connectivity index (χ0n) is 8.57. The molecule has 8 heteroatoms. The molecular formula is C9H7ClN2O4S. The molecule has 0 aliphatic rings. The minimum absolute atomic E-state index is 0.0643. The summed E-state index contributed by atoms with van der Waals surface area (Å²) in [6.45, 7) is 1.52. The van der Waals surface area contributed by atoms with Crippen molar-refractivity contribution >= 4 is 30.6 Å². The molecule has 0 aliphatic carbocycles. The van der Waals surface area contributed by atoms with Gasteiger partial charge >= 0.3 is 5.69 Å². The number of rotatable bonds is 1. The summed E-state index contributed by atoms with van der Waals surface area (Å²) in [7, 11) is 1.31. The number of aromatic nitrogens is 2. The first-order valence-electron chi connectivity index (χ1n) is 4.50. The number of H-pyrrole nitrogens is 2. The van der Waals surface area contributed by atoms with Crippen LogP contribution in [0.5, 0.6) is 0 Å². The Kier molecular flexibility index (Phi) is 2.59. The van der Waals surface area contributed by atoms with Crippen LogP contribution in [-0.4, -0.2) is 18.4 Å². The van der Waals surface area contributed by atoms with Crippen LogP contribution in [0, 0.1) is 6.92 Å². The number of hydrogen-bond acceptors (Lipinski definition) is 4. The number of aromatic amines is 2. The second kappa shape index (κ2) is 3.71. The number of hydrogen-bond donors (Lipinski definition) is 2. The third kappa shape index (κ3) is 2.11. The summed E-state index contributed by atoms with van der Waals surface area (Å²) in [5.74, 6) is 0. The normalized spacial score (nSPS) is 11.9. The van der Waals surface area contributed by atoms with Crippen LogP contribution in [0.15, 0.2) is 26.6 Å². The molecule has 2 N–H and O–H groups in total. The molecule has 0 radical (unpaired) electrons. The van der Waals surface area contributed by atoms with E-state index in [4.69, 9.17) is 10.7 Å². The average molecular weight is 275 g/mol. The topological polar surface area (TPSA) is 99.9 Å². The minimum atomic E-state index is -3.92. The molecule has 0 saturated carbocycles. The van der Waals surface area contributed by atoms with Gasteiger partial charge in [-0.25, -0.2) is 13.2 Å². The van der Waals surface area contributed by atoms with Crippen molar-refractivity contribution in [3.63, 3.8) is 0 Å². The van der Waals surface area contributed by atoms with Gasteiger partial charge in [-0.3, -0.25) is 9.78 Å². The first-order chi connectivity index (χ1) is 7.79. The van der Waals surface area contributed by atoms with Crippen LogP contribution in [0.4, 0.5) is 0 Å². The molecule has 2 rings (SSSR count). The van der Waals surface area contributed by atoms with E-state index in [1.807, 2.05) is 4.98 Å². The predicted molar refractivity (Wildman–Crippen MR) is 63.0 cm³/mol. The van der Waals surface area contributed by atoms with E-state index >= 15 is 0 Å². The molecule has 0 saturated heterocycles. The molecule has 0 fully saturated rings. The van der Waals surface area contributed by atoms with Gasteiger partial charge in [0.15, 0.2) is 0 Å². The van der Waals surface area contributed by atoms with Crippen LogP contribution in [0.1, 0.15) is 5.56 Å². The highest BCUT2D eigenvalue weighted by atomic mass is 35.7. The molecule has 1 heterocycles. The number of benzene rings is 1. The van der Waals surface area contributed by atoms with Gasteiger partial charge in [0.2, 0.25) is 0 Å². The van der Waals surface area contributed by atoms with E-state index in [0.29, 0.717) is 5.56 Å². The van der Waals surface area contributed by atoms with E-state index in [1.165, 1.54) is 13.0 Å². The summed E-state index contributed by atoms with van der Waals surface area (Å²) in [6, 6.07) is 2.53. The Bertz CT molecular complexity index is 819. The van der Waals surface area contributed by atoms with Gasteiger partial charge in [-0.15, -0.1) is 0 Å². The quantitative estimate of drug-likeness (QED) is 0.738. The van der Waals surface area contributed by atoms with Gasteiger partial charge in [0, 0.05) is 10.7 Å². The Morgan fingerprint density at radius 2 is 1.82 bits per heavy atom. The Balaban J connectivity index is 3.01. The van der Waals surface area contributed by atoms with Gasteiger partial charge in [0.25, 0.3) is 14.6 Å². The summed E-state index contributed by atoms with van der Waals surface area (Å²) >= 11 is 0. The van der Waals surface area contributed by atoms with Crippen LogP contribution in [0.2, 0.25) is 0 Å². The molecule has 1 aromatic heterocycles. The summed E-state index contributed by atoms with van der Waals surface area (Å²) in [4.78, 5) is 26.8. The maximum Gasteiger partial charge on any atom is 0.326 e. The largest absolute Gasteiger partial charge is 0.326 e. The minimum Gasteiger partial charge on any atom is -0.307 e. The lowest BCUT2D eigenvalue weighted by Crippen LogP contribution is -2.22. The smallest absolute Gasteiger partial charge is 0.307 e. The van der Waals surface area contributed by atoms with Gasteiger partial charge < -0.3 is 4.98 Å². The molecule has 6 nitrogen and oxygen atoms in total. The first kappa shape index (κ1) is 11.9. The van der Waals surface area contributed by atoms with Crippen LogP contribution < -0.4 is 11.2 Å². The Hall–Kier alpha value is -1.60. The Morgan fingerprint density at radius 1 is 1.18 bits per heavy atom. The van der Waals surface area contributed by atoms with E-state index in [1.54, 1.807) is 0 Å². The maximum atomic E-state index is 11.5. The van der Waals surface area contributed by atoms with Crippen molar-refractivity contribution in [3.8, 4) is 0 Å². The second-order valence-corrected chi connectivity index (χ2v) is 6.04. The second-order valence-electron chi connectivity index (χ2n) is 3.51. The van der Waals surface area contributed by atoms with Gasteiger partial charge in [-0.2, -0.15) is 0 Å². The standard InChI is InChI=1S/C9H7ClN2O4S/c1-4-2-6-5(3-7(4)17(10,15)16)8(13)12-9(14)11-6/h2-3H,1H3,(H2,11,12,13,14). The highest BCUT2D eigenvalue weighted by Crippen LogP contribution is 2.22. The molecule has 0 atom stereocenters. The number of fused-ring (bicyclic) bond motifs is 1. The van der Waals surface area contributed by atoms with Crippen LogP contribution in [0.3, 0.4) is 0 Å². The van der Waals surface area contributed by atoms with Crippen LogP contribution in [0.25, 0.3) is 10.9 Å². The van der Waals surface area contributed by atoms with E-state index in [0.717, 1.165) is 6.07 Å². The van der Waals surface area contributed by atoms with Gasteiger partial charge in [-0.05, 0) is 24.6 Å². The van der Waals surface area contributed by atoms with Gasteiger partial charge in [0.05, 0.1) is 15.8 Å². The summed E-state index contributed by atoms with van der Waals surface area (Å²) < 4.78 is 22.5. The SMILES string of the molecule is Cc1cc2[nH]c(=O)[nH]c(=O)c2cc1S(=O)(=O)Cl. The highest BCUT2D eigenvalue weighted by molar-refractivity contribution is 8.13. The summed E-state index contributed by atoms with van der Waals surface area (Å²) in [6.07, 6.45) is 0. The monoisotopic (exact) mass is 274 g/mol.